The number of hydrogen-bond acceptors (Lipinski definition) is 4. The van der Waals surface area contributed by atoms with Gasteiger partial charge in [-0.2, -0.15) is 0 Å². The molecule has 1 aromatic carbocycles. The molecule has 0 aliphatic carbocycles. The monoisotopic (exact) mass is 291 g/mol. The first kappa shape index (κ1) is 16.0. The summed E-state index contributed by atoms with van der Waals surface area (Å²) in [7, 11) is 1.44. The van der Waals surface area contributed by atoms with E-state index in [1.54, 1.807) is 0 Å². The molecule has 1 aliphatic heterocycles. The quantitative estimate of drug-likeness (QED) is 0.783. The lowest BCUT2D eigenvalue weighted by atomic mass is 9.93. The molecule has 1 fully saturated rings. The summed E-state index contributed by atoms with van der Waals surface area (Å²) < 4.78 is 10.6. The third-order valence-electron chi connectivity index (χ3n) is 4.14. The molecule has 0 amide bonds. The fourth-order valence-corrected chi connectivity index (χ4v) is 2.67. The van der Waals surface area contributed by atoms with E-state index in [0.29, 0.717) is 13.0 Å². The third kappa shape index (κ3) is 4.55. The number of benzene rings is 1. The van der Waals surface area contributed by atoms with Crippen molar-refractivity contribution in [3.05, 3.63) is 35.9 Å². The third-order valence-corrected chi connectivity index (χ3v) is 4.14. The van der Waals surface area contributed by atoms with Gasteiger partial charge in [-0.15, -0.1) is 0 Å². The number of ether oxygens (including phenoxy) is 2. The van der Waals surface area contributed by atoms with Crippen molar-refractivity contribution in [2.45, 2.75) is 44.2 Å². The first-order valence-electron chi connectivity index (χ1n) is 7.63. The van der Waals surface area contributed by atoms with Gasteiger partial charge in [0.05, 0.1) is 13.2 Å². The highest BCUT2D eigenvalue weighted by molar-refractivity contribution is 5.80. The summed E-state index contributed by atoms with van der Waals surface area (Å²) in [6, 6.07) is 10.2. The van der Waals surface area contributed by atoms with Crippen molar-refractivity contribution in [3.8, 4) is 0 Å². The molecule has 0 radical (unpaired) electrons. The Morgan fingerprint density at radius 3 is 2.81 bits per heavy atom. The molecule has 0 aromatic heterocycles. The van der Waals surface area contributed by atoms with Crippen LogP contribution in [-0.2, 0) is 20.7 Å². The maximum absolute atomic E-state index is 12.1. The number of hydrogen-bond donors (Lipinski definition) is 1. The maximum Gasteiger partial charge on any atom is 0.325 e. The van der Waals surface area contributed by atoms with E-state index in [2.05, 4.69) is 17.4 Å². The molecule has 1 N–H and O–H groups in total. The van der Waals surface area contributed by atoms with Crippen molar-refractivity contribution >= 4 is 5.97 Å². The van der Waals surface area contributed by atoms with Crippen molar-refractivity contribution in [1.29, 1.82) is 0 Å². The normalized spacial score (nSPS) is 21.0. The van der Waals surface area contributed by atoms with E-state index in [9.17, 15) is 4.79 Å². The summed E-state index contributed by atoms with van der Waals surface area (Å²) in [5, 5.41) is 3.36. The van der Waals surface area contributed by atoms with Crippen LogP contribution in [0.2, 0.25) is 0 Å². The smallest absolute Gasteiger partial charge is 0.325 e. The molecule has 4 heteroatoms. The Bertz CT molecular complexity index is 443. The molecule has 1 aromatic rings. The highest BCUT2D eigenvalue weighted by atomic mass is 16.5. The molecule has 1 aliphatic rings. The zero-order chi connectivity index (χ0) is 15.1. The number of nitrogens with one attached hydrogen (secondary N) is 1. The molecule has 0 saturated carbocycles. The molecule has 0 spiro atoms. The lowest BCUT2D eigenvalue weighted by Gasteiger charge is -2.29. The summed E-state index contributed by atoms with van der Waals surface area (Å²) in [6.07, 6.45) is 3.92. The fourth-order valence-electron chi connectivity index (χ4n) is 2.67. The number of rotatable bonds is 7. The highest BCUT2D eigenvalue weighted by Gasteiger charge is 2.34. The van der Waals surface area contributed by atoms with Gasteiger partial charge in [0.15, 0.2) is 0 Å². The van der Waals surface area contributed by atoms with Crippen LogP contribution in [0.25, 0.3) is 0 Å². The van der Waals surface area contributed by atoms with E-state index in [0.717, 1.165) is 25.9 Å². The van der Waals surface area contributed by atoms with Gasteiger partial charge in [0.25, 0.3) is 0 Å². The molecule has 21 heavy (non-hydrogen) atoms. The summed E-state index contributed by atoms with van der Waals surface area (Å²) >= 11 is 0. The Morgan fingerprint density at radius 1 is 1.43 bits per heavy atom. The number of methoxy groups -OCH3 is 1. The van der Waals surface area contributed by atoms with Crippen LogP contribution in [-0.4, -0.2) is 37.9 Å². The van der Waals surface area contributed by atoms with Gasteiger partial charge < -0.3 is 9.47 Å². The average Bonchev–Trinajstić information content (AvgIpc) is 3.04. The molecular weight excluding hydrogens is 266 g/mol. The van der Waals surface area contributed by atoms with Crippen molar-refractivity contribution in [2.75, 3.05) is 20.3 Å². The second kappa shape index (κ2) is 7.57. The molecule has 2 unspecified atom stereocenters. The lowest BCUT2D eigenvalue weighted by molar-refractivity contribution is -0.148. The zero-order valence-corrected chi connectivity index (χ0v) is 12.9. The van der Waals surface area contributed by atoms with Crippen LogP contribution >= 0.6 is 0 Å². The topological polar surface area (TPSA) is 47.6 Å². The Balaban J connectivity index is 1.93. The van der Waals surface area contributed by atoms with Crippen LogP contribution in [0, 0.1) is 0 Å². The maximum atomic E-state index is 12.1. The lowest BCUT2D eigenvalue weighted by Crippen LogP contribution is -2.52. The van der Waals surface area contributed by atoms with Crippen molar-refractivity contribution in [3.63, 3.8) is 0 Å². The van der Waals surface area contributed by atoms with E-state index < -0.39 is 5.54 Å². The molecular formula is C17H25NO3. The van der Waals surface area contributed by atoms with E-state index in [1.165, 1.54) is 12.7 Å². The van der Waals surface area contributed by atoms with Crippen LogP contribution in [0.5, 0.6) is 0 Å². The SMILES string of the molecule is COC(=O)C(C)(CCc1ccccc1)NCC1CCCO1. The number of esters is 1. The number of carbonyl (C=O) groups is 1. The Kier molecular flexibility index (Phi) is 5.76. The van der Waals surface area contributed by atoms with Crippen molar-refractivity contribution < 1.29 is 14.3 Å². The molecule has 2 rings (SSSR count). The number of carbonyl (C=O) groups excluding carboxylic acids is 1. The summed E-state index contributed by atoms with van der Waals surface area (Å²) in [5.41, 5.74) is 0.558. The van der Waals surface area contributed by atoms with Gasteiger partial charge >= 0.3 is 5.97 Å². The summed E-state index contributed by atoms with van der Waals surface area (Å²) in [6.45, 7) is 3.43. The molecule has 1 heterocycles. The predicted octanol–water partition coefficient (Wildman–Crippen LogP) is 2.32. The van der Waals surface area contributed by atoms with E-state index >= 15 is 0 Å². The van der Waals surface area contributed by atoms with Gasteiger partial charge in [-0.3, -0.25) is 10.1 Å². The van der Waals surface area contributed by atoms with Gasteiger partial charge in [-0.1, -0.05) is 30.3 Å². The summed E-state index contributed by atoms with van der Waals surface area (Å²) in [4.78, 5) is 12.1. The minimum Gasteiger partial charge on any atom is -0.468 e. The van der Waals surface area contributed by atoms with Crippen molar-refractivity contribution in [1.82, 2.24) is 5.32 Å². The Labute approximate surface area is 126 Å². The van der Waals surface area contributed by atoms with E-state index in [4.69, 9.17) is 9.47 Å². The minimum absolute atomic E-state index is 0.212. The Hall–Kier alpha value is -1.39. The number of aryl methyl sites for hydroxylation is 1. The second-order valence-corrected chi connectivity index (χ2v) is 5.83. The first-order chi connectivity index (χ1) is 10.1. The predicted molar refractivity (Wildman–Crippen MR) is 82.2 cm³/mol. The van der Waals surface area contributed by atoms with Crippen LogP contribution in [0.15, 0.2) is 30.3 Å². The standard InChI is InChI=1S/C17H25NO3/c1-17(16(19)20-2,18-13-15-9-6-12-21-15)11-10-14-7-4-3-5-8-14/h3-5,7-8,15,18H,6,9-13H2,1-2H3. The van der Waals surface area contributed by atoms with Gasteiger partial charge in [-0.25, -0.2) is 0 Å². The highest BCUT2D eigenvalue weighted by Crippen LogP contribution is 2.18. The summed E-state index contributed by atoms with van der Waals surface area (Å²) in [5.74, 6) is -0.212. The molecule has 116 valence electrons. The first-order valence-corrected chi connectivity index (χ1v) is 7.63. The molecule has 2 atom stereocenters. The minimum atomic E-state index is -0.670. The van der Waals surface area contributed by atoms with Crippen molar-refractivity contribution in [2.24, 2.45) is 0 Å². The van der Waals surface area contributed by atoms with Crippen LogP contribution in [0.4, 0.5) is 0 Å². The molecule has 0 bridgehead atoms. The molecule has 1 saturated heterocycles. The van der Waals surface area contributed by atoms with E-state index in [1.807, 2.05) is 25.1 Å². The fraction of sp³-hybridized carbons (Fsp3) is 0.588. The molecule has 4 nitrogen and oxygen atoms in total. The van der Waals surface area contributed by atoms with Gasteiger partial charge in [-0.05, 0) is 38.2 Å². The average molecular weight is 291 g/mol. The second-order valence-electron chi connectivity index (χ2n) is 5.83. The Morgan fingerprint density at radius 2 is 2.19 bits per heavy atom. The van der Waals surface area contributed by atoms with Crippen LogP contribution in [0.1, 0.15) is 31.7 Å². The van der Waals surface area contributed by atoms with Gasteiger partial charge in [0.1, 0.15) is 5.54 Å². The van der Waals surface area contributed by atoms with Gasteiger partial charge in [0, 0.05) is 13.2 Å². The van der Waals surface area contributed by atoms with Gasteiger partial charge in [0.2, 0.25) is 0 Å². The van der Waals surface area contributed by atoms with Crippen LogP contribution in [0.3, 0.4) is 0 Å². The van der Waals surface area contributed by atoms with E-state index in [-0.39, 0.29) is 12.1 Å². The zero-order valence-electron chi connectivity index (χ0n) is 12.9. The largest absolute Gasteiger partial charge is 0.468 e. The van der Waals surface area contributed by atoms with Crippen LogP contribution < -0.4 is 5.32 Å².